The molecule has 1 heterocycles. The molecule has 0 N–H and O–H groups in total. The zero-order valence-corrected chi connectivity index (χ0v) is 19.2. The van der Waals surface area contributed by atoms with Crippen LogP contribution >= 0.6 is 0 Å². The van der Waals surface area contributed by atoms with E-state index < -0.39 is 0 Å². The first kappa shape index (κ1) is 20.6. The van der Waals surface area contributed by atoms with Crippen LogP contribution in [-0.2, 0) is 6.42 Å². The Labute approximate surface area is 181 Å². The molecule has 154 valence electrons. The summed E-state index contributed by atoms with van der Waals surface area (Å²) in [5.74, 6) is 1.65. The second kappa shape index (κ2) is 8.22. The van der Waals surface area contributed by atoms with E-state index in [2.05, 4.69) is 96.1 Å². The fourth-order valence-electron chi connectivity index (χ4n) is 4.34. The highest BCUT2D eigenvalue weighted by Gasteiger charge is 2.13. The average Bonchev–Trinajstić information content (AvgIpc) is 2.72. The van der Waals surface area contributed by atoms with Crippen LogP contribution < -0.4 is 0 Å². The van der Waals surface area contributed by atoms with Crippen LogP contribution in [0.2, 0.25) is 0 Å². The van der Waals surface area contributed by atoms with Gasteiger partial charge in [-0.3, -0.25) is 4.98 Å². The number of hydrogen-bond acceptors (Lipinski definition) is 1. The third kappa shape index (κ3) is 3.99. The first-order chi connectivity index (χ1) is 14.3. The molecule has 0 atom stereocenters. The zero-order chi connectivity index (χ0) is 21.4. The highest BCUT2D eigenvalue weighted by molar-refractivity contribution is 6.11. The summed E-state index contributed by atoms with van der Waals surface area (Å²) in [7, 11) is 0. The zero-order valence-electron chi connectivity index (χ0n) is 19.2. The van der Waals surface area contributed by atoms with Crippen molar-refractivity contribution in [3.05, 3.63) is 77.5 Å². The van der Waals surface area contributed by atoms with E-state index in [1.54, 1.807) is 0 Å². The SMILES string of the molecule is CC(C)Cc1ccc2ccc3c(-c4cc(C(C)C)cc(C(C)C)c4)nccc3c2c1. The fourth-order valence-corrected chi connectivity index (χ4v) is 4.34. The van der Waals surface area contributed by atoms with Crippen LogP contribution in [0.15, 0.2) is 60.8 Å². The summed E-state index contributed by atoms with van der Waals surface area (Å²) in [6.07, 6.45) is 3.09. The Balaban J connectivity index is 1.95. The summed E-state index contributed by atoms with van der Waals surface area (Å²) < 4.78 is 0. The van der Waals surface area contributed by atoms with Gasteiger partial charge in [-0.2, -0.15) is 0 Å². The van der Waals surface area contributed by atoms with Gasteiger partial charge in [-0.1, -0.05) is 77.9 Å². The third-order valence-electron chi connectivity index (χ3n) is 6.06. The van der Waals surface area contributed by atoms with Crippen LogP contribution in [0.1, 0.15) is 70.1 Å². The summed E-state index contributed by atoms with van der Waals surface area (Å²) >= 11 is 0. The second-order valence-corrected chi connectivity index (χ2v) is 9.67. The van der Waals surface area contributed by atoms with Crippen LogP contribution in [0, 0.1) is 5.92 Å². The van der Waals surface area contributed by atoms with Crippen molar-refractivity contribution in [2.75, 3.05) is 0 Å². The Morgan fingerprint density at radius 2 is 1.33 bits per heavy atom. The number of aromatic nitrogens is 1. The summed E-state index contributed by atoms with van der Waals surface area (Å²) in [5, 5.41) is 5.16. The number of rotatable bonds is 5. The molecule has 0 saturated heterocycles. The van der Waals surface area contributed by atoms with E-state index in [0.29, 0.717) is 17.8 Å². The van der Waals surface area contributed by atoms with Crippen molar-refractivity contribution in [3.8, 4) is 11.3 Å². The lowest BCUT2D eigenvalue weighted by molar-refractivity contribution is 0.648. The van der Waals surface area contributed by atoms with Crippen molar-refractivity contribution in [2.24, 2.45) is 5.92 Å². The molecule has 0 bridgehead atoms. The largest absolute Gasteiger partial charge is 0.256 e. The lowest BCUT2D eigenvalue weighted by atomic mass is 9.90. The minimum atomic E-state index is 0.497. The standard InChI is InChI=1S/C29H33N/c1-18(2)13-21-7-8-22-9-10-27-26(28(22)14-21)11-12-30-29(27)25-16-23(19(3)4)15-24(17-25)20(5)6/h7-12,14-20H,13H2,1-6H3. The molecule has 0 unspecified atom stereocenters. The topological polar surface area (TPSA) is 12.9 Å². The predicted molar refractivity (Wildman–Crippen MR) is 131 cm³/mol. The third-order valence-corrected chi connectivity index (χ3v) is 6.06. The molecular formula is C29H33N. The van der Waals surface area contributed by atoms with E-state index in [1.165, 1.54) is 43.8 Å². The molecule has 4 aromatic rings. The van der Waals surface area contributed by atoms with Gasteiger partial charge in [0.25, 0.3) is 0 Å². The number of fused-ring (bicyclic) bond motifs is 3. The molecular weight excluding hydrogens is 362 g/mol. The summed E-state index contributed by atoms with van der Waals surface area (Å²) in [5.41, 5.74) is 6.50. The smallest absolute Gasteiger partial charge is 0.0780 e. The highest BCUT2D eigenvalue weighted by atomic mass is 14.7. The molecule has 0 spiro atoms. The van der Waals surface area contributed by atoms with Gasteiger partial charge in [0.2, 0.25) is 0 Å². The Kier molecular flexibility index (Phi) is 5.64. The van der Waals surface area contributed by atoms with Gasteiger partial charge in [-0.15, -0.1) is 0 Å². The minimum Gasteiger partial charge on any atom is -0.256 e. The molecule has 0 aliphatic heterocycles. The van der Waals surface area contributed by atoms with Crippen molar-refractivity contribution < 1.29 is 0 Å². The molecule has 1 nitrogen and oxygen atoms in total. The predicted octanol–water partition coefficient (Wildman–Crippen LogP) is 8.50. The van der Waals surface area contributed by atoms with Gasteiger partial charge in [0.05, 0.1) is 5.69 Å². The maximum absolute atomic E-state index is 4.86. The van der Waals surface area contributed by atoms with Crippen molar-refractivity contribution in [3.63, 3.8) is 0 Å². The summed E-state index contributed by atoms with van der Waals surface area (Å²) in [4.78, 5) is 4.86. The number of hydrogen-bond donors (Lipinski definition) is 0. The van der Waals surface area contributed by atoms with E-state index in [9.17, 15) is 0 Å². The van der Waals surface area contributed by atoms with Gasteiger partial charge >= 0.3 is 0 Å². The number of benzene rings is 3. The maximum atomic E-state index is 4.86. The molecule has 0 aliphatic rings. The quantitative estimate of drug-likeness (QED) is 0.309. The van der Waals surface area contributed by atoms with E-state index in [4.69, 9.17) is 4.98 Å². The van der Waals surface area contributed by atoms with E-state index in [0.717, 1.165) is 12.1 Å². The fraction of sp³-hybridized carbons (Fsp3) is 0.345. The van der Waals surface area contributed by atoms with Gasteiger partial charge < -0.3 is 0 Å². The van der Waals surface area contributed by atoms with Gasteiger partial charge in [0, 0.05) is 17.1 Å². The van der Waals surface area contributed by atoms with Crippen LogP contribution in [0.4, 0.5) is 0 Å². The first-order valence-electron chi connectivity index (χ1n) is 11.3. The van der Waals surface area contributed by atoms with E-state index >= 15 is 0 Å². The molecule has 1 aromatic heterocycles. The van der Waals surface area contributed by atoms with Crippen LogP contribution in [0.25, 0.3) is 32.8 Å². The molecule has 0 saturated carbocycles. The molecule has 0 aliphatic carbocycles. The maximum Gasteiger partial charge on any atom is 0.0780 e. The minimum absolute atomic E-state index is 0.497. The molecule has 3 aromatic carbocycles. The Morgan fingerprint density at radius 3 is 1.97 bits per heavy atom. The molecule has 4 rings (SSSR count). The Bertz CT molecular complexity index is 1170. The van der Waals surface area contributed by atoms with Crippen molar-refractivity contribution in [1.82, 2.24) is 4.98 Å². The number of pyridine rings is 1. The molecule has 1 heteroatoms. The van der Waals surface area contributed by atoms with E-state index in [-0.39, 0.29) is 0 Å². The van der Waals surface area contributed by atoms with Gasteiger partial charge in [-0.25, -0.2) is 0 Å². The Hall–Kier alpha value is -2.67. The van der Waals surface area contributed by atoms with Crippen LogP contribution in [0.3, 0.4) is 0 Å². The second-order valence-electron chi connectivity index (χ2n) is 9.67. The van der Waals surface area contributed by atoms with Gasteiger partial charge in [-0.05, 0) is 75.2 Å². The molecule has 0 fully saturated rings. The molecule has 0 radical (unpaired) electrons. The molecule has 30 heavy (non-hydrogen) atoms. The normalized spacial score (nSPS) is 12.0. The van der Waals surface area contributed by atoms with Crippen molar-refractivity contribution in [1.29, 1.82) is 0 Å². The summed E-state index contributed by atoms with van der Waals surface area (Å²) in [6.45, 7) is 13.6. The van der Waals surface area contributed by atoms with Crippen LogP contribution in [0.5, 0.6) is 0 Å². The number of nitrogens with zero attached hydrogens (tertiary/aromatic N) is 1. The Morgan fingerprint density at radius 1 is 0.667 bits per heavy atom. The first-order valence-corrected chi connectivity index (χ1v) is 11.3. The highest BCUT2D eigenvalue weighted by Crippen LogP contribution is 2.35. The lowest BCUT2D eigenvalue weighted by Crippen LogP contribution is -1.97. The van der Waals surface area contributed by atoms with Crippen molar-refractivity contribution in [2.45, 2.75) is 59.8 Å². The van der Waals surface area contributed by atoms with Crippen molar-refractivity contribution >= 4 is 21.5 Å². The van der Waals surface area contributed by atoms with Crippen LogP contribution in [-0.4, -0.2) is 4.98 Å². The average molecular weight is 396 g/mol. The van der Waals surface area contributed by atoms with E-state index in [1.807, 2.05) is 6.20 Å². The monoisotopic (exact) mass is 395 g/mol. The molecule has 0 amide bonds. The summed E-state index contributed by atoms with van der Waals surface area (Å²) in [6, 6.07) is 20.6. The lowest BCUT2D eigenvalue weighted by Gasteiger charge is -2.16. The van der Waals surface area contributed by atoms with Gasteiger partial charge in [0.15, 0.2) is 0 Å². The van der Waals surface area contributed by atoms with Gasteiger partial charge in [0.1, 0.15) is 0 Å².